The summed E-state index contributed by atoms with van der Waals surface area (Å²) in [7, 11) is 2.17. The summed E-state index contributed by atoms with van der Waals surface area (Å²) in [6, 6.07) is 13.1. The number of likely N-dealkylation sites (N-methyl/N-ethyl adjacent to an activating group) is 1. The Bertz CT molecular complexity index is 1110. The van der Waals surface area contributed by atoms with Crippen LogP contribution in [0.1, 0.15) is 11.3 Å². The van der Waals surface area contributed by atoms with Crippen LogP contribution in [0.15, 0.2) is 42.2 Å². The lowest BCUT2D eigenvalue weighted by Crippen LogP contribution is -2.44. The molecule has 5 rings (SSSR count). The number of anilines is 1. The number of hydrogen-bond acceptors (Lipinski definition) is 5. The third-order valence-corrected chi connectivity index (χ3v) is 5.68. The van der Waals surface area contributed by atoms with Crippen LogP contribution in [-0.4, -0.2) is 48.1 Å². The third kappa shape index (κ3) is 2.90. The predicted molar refractivity (Wildman–Crippen MR) is 112 cm³/mol. The third-order valence-electron chi connectivity index (χ3n) is 5.68. The minimum atomic E-state index is 0.593. The van der Waals surface area contributed by atoms with Crippen LogP contribution < -0.4 is 10.2 Å². The van der Waals surface area contributed by atoms with Crippen LogP contribution in [0.25, 0.3) is 28.2 Å². The molecule has 0 saturated carbocycles. The number of fused-ring (bicyclic) bond motifs is 3. The van der Waals surface area contributed by atoms with Gasteiger partial charge in [-0.25, -0.2) is 4.98 Å². The monoisotopic (exact) mass is 370 g/mol. The first kappa shape index (κ1) is 16.8. The summed E-state index contributed by atoms with van der Waals surface area (Å²) in [6.07, 6.45) is 3.83. The van der Waals surface area contributed by atoms with E-state index in [0.29, 0.717) is 12.2 Å². The number of pyridine rings is 1. The normalized spacial score (nSPS) is 17.0. The van der Waals surface area contributed by atoms with Crippen molar-refractivity contribution in [2.45, 2.75) is 6.54 Å². The number of nitriles is 1. The minimum absolute atomic E-state index is 0.593. The number of hydrogen-bond donors (Lipinski definition) is 2. The number of aromatic nitrogens is 2. The highest BCUT2D eigenvalue weighted by molar-refractivity contribution is 5.92. The van der Waals surface area contributed by atoms with E-state index in [0.717, 1.165) is 54.0 Å². The molecule has 0 amide bonds. The summed E-state index contributed by atoms with van der Waals surface area (Å²) in [6.45, 7) is 4.91. The Morgan fingerprint density at radius 1 is 1.11 bits per heavy atom. The number of benzene rings is 1. The lowest BCUT2D eigenvalue weighted by atomic mass is 10.0. The number of nitrogens with zero attached hydrogens (tertiary/aromatic N) is 4. The standard InChI is InChI=1S/C22H22N6/c1-27-5-7-28(8-6-27)18-4-2-3-15(9-18)16-10-20-19-11-17(12-23)24-14-21(19)26-22(20)25-13-16/h2-4,9-11,13,24H,5-8,14H2,1H3,(H,25,26). The molecule has 0 atom stereocenters. The summed E-state index contributed by atoms with van der Waals surface area (Å²) in [5, 5.41) is 13.4. The average molecular weight is 370 g/mol. The molecule has 3 aromatic rings. The van der Waals surface area contributed by atoms with Crippen molar-refractivity contribution in [3.63, 3.8) is 0 Å². The zero-order valence-electron chi connectivity index (χ0n) is 15.9. The zero-order valence-corrected chi connectivity index (χ0v) is 15.9. The van der Waals surface area contributed by atoms with Crippen molar-refractivity contribution >= 4 is 22.8 Å². The molecule has 2 N–H and O–H groups in total. The van der Waals surface area contributed by atoms with E-state index in [2.05, 4.69) is 68.5 Å². The molecule has 0 bridgehead atoms. The van der Waals surface area contributed by atoms with Gasteiger partial charge in [-0.1, -0.05) is 12.1 Å². The van der Waals surface area contributed by atoms with Crippen molar-refractivity contribution in [3.05, 3.63) is 53.5 Å². The first-order valence-electron chi connectivity index (χ1n) is 9.61. The van der Waals surface area contributed by atoms with E-state index in [9.17, 15) is 5.26 Å². The second-order valence-corrected chi connectivity index (χ2v) is 7.50. The summed E-state index contributed by atoms with van der Waals surface area (Å²) in [5.74, 6) is 0. The van der Waals surface area contributed by atoms with Crippen LogP contribution in [0.4, 0.5) is 5.69 Å². The molecule has 4 heterocycles. The maximum absolute atomic E-state index is 9.22. The number of allylic oxidation sites excluding steroid dienone is 1. The molecular formula is C22H22N6. The quantitative estimate of drug-likeness (QED) is 0.726. The highest BCUT2D eigenvalue weighted by atomic mass is 15.2. The molecular weight excluding hydrogens is 348 g/mol. The summed E-state index contributed by atoms with van der Waals surface area (Å²) >= 11 is 0. The largest absolute Gasteiger partial charge is 0.371 e. The van der Waals surface area contributed by atoms with Gasteiger partial charge in [0.1, 0.15) is 17.4 Å². The molecule has 140 valence electrons. The van der Waals surface area contributed by atoms with Crippen LogP contribution in [0.2, 0.25) is 0 Å². The van der Waals surface area contributed by atoms with Gasteiger partial charge < -0.3 is 20.1 Å². The Morgan fingerprint density at radius 2 is 1.96 bits per heavy atom. The van der Waals surface area contributed by atoms with E-state index in [4.69, 9.17) is 0 Å². The van der Waals surface area contributed by atoms with Crippen LogP contribution in [0.3, 0.4) is 0 Å². The minimum Gasteiger partial charge on any atom is -0.371 e. The maximum atomic E-state index is 9.22. The van der Waals surface area contributed by atoms with Gasteiger partial charge in [0.05, 0.1) is 6.54 Å². The lowest BCUT2D eigenvalue weighted by Gasteiger charge is -2.34. The fourth-order valence-electron chi connectivity index (χ4n) is 4.00. The molecule has 0 radical (unpaired) electrons. The molecule has 6 nitrogen and oxygen atoms in total. The predicted octanol–water partition coefficient (Wildman–Crippen LogP) is 2.95. The van der Waals surface area contributed by atoms with Crippen LogP contribution in [0.5, 0.6) is 0 Å². The molecule has 6 heteroatoms. The van der Waals surface area contributed by atoms with E-state index >= 15 is 0 Å². The van der Waals surface area contributed by atoms with Gasteiger partial charge in [-0.15, -0.1) is 0 Å². The SMILES string of the molecule is CN1CCN(c2cccc(-c3cnc4[nH]c5c(c4c3)C=C(C#N)NC5)c2)CC1. The Hall–Kier alpha value is -3.30. The van der Waals surface area contributed by atoms with E-state index in [-0.39, 0.29) is 0 Å². The van der Waals surface area contributed by atoms with Crippen molar-refractivity contribution in [3.8, 4) is 17.2 Å². The molecule has 2 aliphatic rings. The number of rotatable bonds is 2. The first-order valence-corrected chi connectivity index (χ1v) is 9.61. The fourth-order valence-corrected chi connectivity index (χ4v) is 4.00. The first-order chi connectivity index (χ1) is 13.7. The smallest absolute Gasteiger partial charge is 0.138 e. The molecule has 0 spiro atoms. The molecule has 2 aliphatic heterocycles. The average Bonchev–Trinajstić information content (AvgIpc) is 3.11. The summed E-state index contributed by atoms with van der Waals surface area (Å²) in [4.78, 5) is 12.8. The van der Waals surface area contributed by atoms with E-state index in [1.165, 1.54) is 11.3 Å². The van der Waals surface area contributed by atoms with Crippen molar-refractivity contribution in [1.29, 1.82) is 5.26 Å². The van der Waals surface area contributed by atoms with Gasteiger partial charge in [-0.2, -0.15) is 5.26 Å². The van der Waals surface area contributed by atoms with E-state index < -0.39 is 0 Å². The van der Waals surface area contributed by atoms with Crippen molar-refractivity contribution in [1.82, 2.24) is 20.2 Å². The van der Waals surface area contributed by atoms with Gasteiger partial charge in [0.15, 0.2) is 0 Å². The molecule has 2 aromatic heterocycles. The van der Waals surface area contributed by atoms with Crippen molar-refractivity contribution < 1.29 is 0 Å². The van der Waals surface area contributed by atoms with Gasteiger partial charge in [-0.05, 0) is 36.9 Å². The Morgan fingerprint density at radius 3 is 2.79 bits per heavy atom. The van der Waals surface area contributed by atoms with Gasteiger partial charge in [0.2, 0.25) is 0 Å². The van der Waals surface area contributed by atoms with Crippen LogP contribution in [-0.2, 0) is 6.54 Å². The molecule has 0 aliphatic carbocycles. The molecule has 1 saturated heterocycles. The Kier molecular flexibility index (Phi) is 4.03. The molecule has 1 aromatic carbocycles. The maximum Gasteiger partial charge on any atom is 0.138 e. The molecule has 1 fully saturated rings. The van der Waals surface area contributed by atoms with Crippen molar-refractivity contribution in [2.75, 3.05) is 38.1 Å². The molecule has 0 unspecified atom stereocenters. The summed E-state index contributed by atoms with van der Waals surface area (Å²) in [5.41, 5.74) is 7.12. The summed E-state index contributed by atoms with van der Waals surface area (Å²) < 4.78 is 0. The molecule has 28 heavy (non-hydrogen) atoms. The highest BCUT2D eigenvalue weighted by Crippen LogP contribution is 2.31. The van der Waals surface area contributed by atoms with Gasteiger partial charge in [0.25, 0.3) is 0 Å². The highest BCUT2D eigenvalue weighted by Gasteiger charge is 2.18. The van der Waals surface area contributed by atoms with Crippen molar-refractivity contribution in [2.24, 2.45) is 0 Å². The van der Waals surface area contributed by atoms with Crippen LogP contribution >= 0.6 is 0 Å². The van der Waals surface area contributed by atoms with E-state index in [1.54, 1.807) is 0 Å². The topological polar surface area (TPSA) is 71.0 Å². The Labute approximate surface area is 164 Å². The van der Waals surface area contributed by atoms with Gasteiger partial charge in [-0.3, -0.25) is 0 Å². The zero-order chi connectivity index (χ0) is 19.1. The fraction of sp³-hybridized carbons (Fsp3) is 0.273. The Balaban J connectivity index is 1.53. The second kappa shape index (κ2) is 6.70. The number of H-pyrrole nitrogens is 1. The van der Waals surface area contributed by atoms with Gasteiger partial charge >= 0.3 is 0 Å². The number of aromatic amines is 1. The lowest BCUT2D eigenvalue weighted by molar-refractivity contribution is 0.313. The van der Waals surface area contributed by atoms with E-state index in [1.807, 2.05) is 12.3 Å². The number of piperazine rings is 1. The number of nitrogens with one attached hydrogen (secondary N) is 2. The van der Waals surface area contributed by atoms with Crippen LogP contribution in [0, 0.1) is 11.3 Å². The second-order valence-electron chi connectivity index (χ2n) is 7.50. The van der Waals surface area contributed by atoms with Gasteiger partial charge in [0, 0.05) is 60.3 Å².